The number of aromatic nitrogens is 2. The molecule has 1 aromatic heterocycles. The maximum absolute atomic E-state index is 13.9. The second kappa shape index (κ2) is 10.1. The summed E-state index contributed by atoms with van der Waals surface area (Å²) in [5.41, 5.74) is 1.85. The number of β-lactam (4-membered cyclic amide) rings is 1. The Bertz CT molecular complexity index is 1710. The number of carbonyl (C=O) groups is 2. The average molecular weight is 581 g/mol. The first-order valence-corrected chi connectivity index (χ1v) is 15.1. The number of hydrogen-bond donors (Lipinski definition) is 2. The van der Waals surface area contributed by atoms with Crippen LogP contribution in [0, 0.1) is 11.8 Å². The van der Waals surface area contributed by atoms with Gasteiger partial charge in [-0.2, -0.15) is 4.31 Å². The van der Waals surface area contributed by atoms with Crippen molar-refractivity contribution in [3.8, 4) is 0 Å². The van der Waals surface area contributed by atoms with Gasteiger partial charge in [-0.15, -0.1) is 0 Å². The standard InChI is InChI=1S/C29H32N4O7S/c1-17-22(27(29(37)38)33-26(17)24(18(2)35)28(33)36)15-32-14-20-4-3-5-21-19(6-7-23(25(20)21)41(32,39)40)8-9-30-10-11-31(16-30)12-13-34/h3-7,10-11,16-18,24,26,34-35H,8-9,12-15H2,1-2H3/t17-,18+,24+,26+/m0/s1. The van der Waals surface area contributed by atoms with E-state index in [1.165, 1.54) is 11.2 Å². The third kappa shape index (κ3) is 4.28. The third-order valence-electron chi connectivity index (χ3n) is 8.74. The smallest absolute Gasteiger partial charge is 0.244 e. The highest BCUT2D eigenvalue weighted by Gasteiger charge is 2.58. The lowest BCUT2D eigenvalue weighted by Gasteiger charge is -2.47. The minimum Gasteiger partial charge on any atom is -0.543 e. The molecule has 0 spiro atoms. The second-order valence-electron chi connectivity index (χ2n) is 11.1. The quantitative estimate of drug-likeness (QED) is 0.257. The molecule has 41 heavy (non-hydrogen) atoms. The van der Waals surface area contributed by atoms with Crippen LogP contribution in [0.4, 0.5) is 0 Å². The molecule has 3 aliphatic heterocycles. The van der Waals surface area contributed by atoms with Gasteiger partial charge in [0.05, 0.1) is 47.8 Å². The van der Waals surface area contributed by atoms with E-state index >= 15 is 0 Å². The number of carboxylic acid groups (broad SMARTS) is 1. The molecule has 12 heteroatoms. The first-order valence-electron chi connectivity index (χ1n) is 13.7. The molecule has 11 nitrogen and oxygen atoms in total. The Labute approximate surface area is 237 Å². The lowest BCUT2D eigenvalue weighted by Crippen LogP contribution is -2.64. The molecule has 0 unspecified atom stereocenters. The SMILES string of the molecule is C[C@@H](O)[C@H]1C(=O)N2C(C(=O)[O-])=C(CN3Cc4cccc5c(CCn6cc[n+](CCO)c6)ccc(c45)S3(=O)=O)[C@H](C)[C@H]12. The zero-order valence-electron chi connectivity index (χ0n) is 22.8. The number of aliphatic hydroxyl groups excluding tert-OH is 2. The lowest BCUT2D eigenvalue weighted by molar-refractivity contribution is -0.697. The predicted molar refractivity (Wildman–Crippen MR) is 144 cm³/mol. The van der Waals surface area contributed by atoms with Gasteiger partial charge in [-0.1, -0.05) is 31.2 Å². The van der Waals surface area contributed by atoms with Gasteiger partial charge >= 0.3 is 0 Å². The molecule has 216 valence electrons. The highest BCUT2D eigenvalue weighted by Crippen LogP contribution is 2.48. The van der Waals surface area contributed by atoms with Crippen LogP contribution in [0.25, 0.3) is 10.8 Å². The predicted octanol–water partition coefficient (Wildman–Crippen LogP) is -0.470. The number of hydrogen-bond acceptors (Lipinski definition) is 7. The van der Waals surface area contributed by atoms with Gasteiger partial charge in [-0.25, -0.2) is 17.6 Å². The zero-order valence-corrected chi connectivity index (χ0v) is 23.6. The molecule has 2 N–H and O–H groups in total. The van der Waals surface area contributed by atoms with Crippen LogP contribution in [-0.4, -0.2) is 69.6 Å². The molecule has 1 amide bonds. The van der Waals surface area contributed by atoms with E-state index in [9.17, 15) is 28.2 Å². The fraction of sp³-hybridized carbons (Fsp3) is 0.414. The van der Waals surface area contributed by atoms with Crippen molar-refractivity contribution < 1.29 is 37.9 Å². The van der Waals surface area contributed by atoms with Gasteiger partial charge in [-0.05, 0) is 35.1 Å². The molecule has 0 saturated carbocycles. The number of amides is 1. The van der Waals surface area contributed by atoms with Crippen LogP contribution < -0.4 is 9.67 Å². The summed E-state index contributed by atoms with van der Waals surface area (Å²) in [4.78, 5) is 26.2. The van der Waals surface area contributed by atoms with Gasteiger partial charge in [0.15, 0.2) is 0 Å². The maximum atomic E-state index is 13.9. The van der Waals surface area contributed by atoms with Crippen LogP contribution >= 0.6 is 0 Å². The van der Waals surface area contributed by atoms with Gasteiger partial charge in [-0.3, -0.25) is 4.79 Å². The molecule has 2 aromatic carbocycles. The first kappa shape index (κ1) is 27.6. The summed E-state index contributed by atoms with van der Waals surface area (Å²) >= 11 is 0. The van der Waals surface area contributed by atoms with Crippen molar-refractivity contribution >= 4 is 32.7 Å². The minimum absolute atomic E-state index is 0.0547. The van der Waals surface area contributed by atoms with E-state index < -0.39 is 45.9 Å². The number of benzene rings is 2. The Kier molecular flexibility index (Phi) is 6.76. The van der Waals surface area contributed by atoms with E-state index in [0.717, 1.165) is 21.4 Å². The highest BCUT2D eigenvalue weighted by molar-refractivity contribution is 7.89. The molecule has 6 rings (SSSR count). The molecule has 0 bridgehead atoms. The van der Waals surface area contributed by atoms with Crippen molar-refractivity contribution in [3.05, 3.63) is 71.4 Å². The highest BCUT2D eigenvalue weighted by atomic mass is 32.2. The third-order valence-corrected chi connectivity index (χ3v) is 10.6. The number of carboxylic acids is 1. The number of carbonyl (C=O) groups excluding carboxylic acids is 2. The minimum atomic E-state index is -3.99. The summed E-state index contributed by atoms with van der Waals surface area (Å²) in [5.74, 6) is -3.22. The molecule has 0 radical (unpaired) electrons. The molecule has 3 aromatic rings. The number of aliphatic hydroxyl groups is 2. The van der Waals surface area contributed by atoms with Crippen LogP contribution in [0.3, 0.4) is 0 Å². The Morgan fingerprint density at radius 2 is 2.02 bits per heavy atom. The van der Waals surface area contributed by atoms with Crippen molar-refractivity contribution in [2.24, 2.45) is 11.8 Å². The number of fused-ring (bicyclic) bond motifs is 1. The lowest BCUT2D eigenvalue weighted by atomic mass is 9.78. The Hall–Kier alpha value is -3.58. The van der Waals surface area contributed by atoms with Gasteiger partial charge in [0.25, 0.3) is 0 Å². The van der Waals surface area contributed by atoms with Crippen LogP contribution in [0.5, 0.6) is 0 Å². The van der Waals surface area contributed by atoms with E-state index in [-0.39, 0.29) is 30.3 Å². The number of aliphatic carboxylic acids is 1. The number of imidazole rings is 1. The molecule has 1 saturated heterocycles. The summed E-state index contributed by atoms with van der Waals surface area (Å²) in [6.07, 6.45) is 5.47. The molecule has 1 fully saturated rings. The molecule has 0 aliphatic carbocycles. The van der Waals surface area contributed by atoms with Crippen molar-refractivity contribution in [2.45, 2.75) is 56.9 Å². The van der Waals surface area contributed by atoms with Crippen LogP contribution in [0.1, 0.15) is 25.0 Å². The van der Waals surface area contributed by atoms with E-state index in [1.54, 1.807) is 13.0 Å². The Morgan fingerprint density at radius 3 is 2.73 bits per heavy atom. The van der Waals surface area contributed by atoms with Crippen LogP contribution in [-0.2, 0) is 45.7 Å². The van der Waals surface area contributed by atoms with Gasteiger partial charge in [0.2, 0.25) is 22.3 Å². The Balaban J connectivity index is 1.31. The molecule has 4 heterocycles. The summed E-state index contributed by atoms with van der Waals surface area (Å²) in [6, 6.07) is 8.61. The van der Waals surface area contributed by atoms with E-state index in [0.29, 0.717) is 30.5 Å². The topological polar surface area (TPSA) is 147 Å². The monoisotopic (exact) mass is 580 g/mol. The van der Waals surface area contributed by atoms with E-state index in [2.05, 4.69) is 0 Å². The number of aryl methyl sites for hydroxylation is 2. The van der Waals surface area contributed by atoms with Crippen molar-refractivity contribution in [1.29, 1.82) is 0 Å². The first-order chi connectivity index (χ1) is 19.5. The molecular formula is C29H32N4O7S. The fourth-order valence-corrected chi connectivity index (χ4v) is 8.36. The molecule has 4 atom stereocenters. The summed E-state index contributed by atoms with van der Waals surface area (Å²) in [7, 11) is -3.99. The largest absolute Gasteiger partial charge is 0.543 e. The molecule has 3 aliphatic rings. The Morgan fingerprint density at radius 1 is 1.24 bits per heavy atom. The number of nitrogens with zero attached hydrogens (tertiary/aromatic N) is 4. The number of rotatable bonds is 9. The van der Waals surface area contributed by atoms with Gasteiger partial charge in [0.1, 0.15) is 18.9 Å². The normalized spacial score (nSPS) is 24.0. The van der Waals surface area contributed by atoms with Crippen molar-refractivity contribution in [1.82, 2.24) is 13.8 Å². The molecular weight excluding hydrogens is 548 g/mol. The summed E-state index contributed by atoms with van der Waals surface area (Å²) < 4.78 is 33.0. The van der Waals surface area contributed by atoms with E-state index in [1.807, 2.05) is 52.1 Å². The van der Waals surface area contributed by atoms with Crippen molar-refractivity contribution in [3.63, 3.8) is 0 Å². The summed E-state index contributed by atoms with van der Waals surface area (Å²) in [5, 5.41) is 33.0. The van der Waals surface area contributed by atoms with Gasteiger partial charge in [0, 0.05) is 30.8 Å². The zero-order chi connectivity index (χ0) is 29.2. The fourth-order valence-electron chi connectivity index (χ4n) is 6.73. The number of sulfonamides is 1. The average Bonchev–Trinajstić information content (AvgIpc) is 3.46. The summed E-state index contributed by atoms with van der Waals surface area (Å²) in [6.45, 7) is 4.37. The van der Waals surface area contributed by atoms with E-state index in [4.69, 9.17) is 5.11 Å². The second-order valence-corrected chi connectivity index (χ2v) is 13.0. The van der Waals surface area contributed by atoms with Crippen LogP contribution in [0.15, 0.2) is 65.2 Å². The van der Waals surface area contributed by atoms with Gasteiger partial charge < -0.3 is 25.0 Å². The van der Waals surface area contributed by atoms with Crippen LogP contribution in [0.2, 0.25) is 0 Å². The maximum Gasteiger partial charge on any atom is 0.244 e. The van der Waals surface area contributed by atoms with Crippen molar-refractivity contribution in [2.75, 3.05) is 13.2 Å².